The fourth-order valence-electron chi connectivity index (χ4n) is 2.52. The number of ether oxygens (including phenoxy) is 1. The maximum Gasteiger partial charge on any atom is 0.490 e. The second kappa shape index (κ2) is 9.69. The number of nitrogens with two attached hydrogens (primary N) is 1. The first-order valence-corrected chi connectivity index (χ1v) is 8.82. The van der Waals surface area contributed by atoms with Gasteiger partial charge in [0.15, 0.2) is 0 Å². The van der Waals surface area contributed by atoms with Crippen molar-refractivity contribution in [2.24, 2.45) is 5.73 Å². The molecule has 12 heteroatoms. The van der Waals surface area contributed by atoms with Crippen molar-refractivity contribution in [2.75, 3.05) is 13.1 Å². The highest BCUT2D eigenvalue weighted by Gasteiger charge is 2.43. The minimum absolute atomic E-state index is 0.0563. The smallest absolute Gasteiger partial charge is 0.475 e. The molecule has 2 heterocycles. The van der Waals surface area contributed by atoms with E-state index in [1.54, 1.807) is 36.4 Å². The van der Waals surface area contributed by atoms with Crippen LogP contribution in [-0.4, -0.2) is 58.1 Å². The zero-order valence-corrected chi connectivity index (χ0v) is 15.9. The fraction of sp³-hybridized carbons (Fsp3) is 0.316. The van der Waals surface area contributed by atoms with Gasteiger partial charge in [0.05, 0.1) is 6.04 Å². The Morgan fingerprint density at radius 1 is 1.16 bits per heavy atom. The van der Waals surface area contributed by atoms with Gasteiger partial charge in [0.25, 0.3) is 11.8 Å². The fourth-order valence-corrected chi connectivity index (χ4v) is 2.52. The van der Waals surface area contributed by atoms with Gasteiger partial charge in [-0.1, -0.05) is 18.2 Å². The maximum atomic E-state index is 13.5. The predicted molar refractivity (Wildman–Crippen MR) is 97.9 cm³/mol. The Bertz CT molecular complexity index is 909. The molecule has 1 aromatic heterocycles. The number of nitrogens with zero attached hydrogens (tertiary/aromatic N) is 2. The standard InChI is InChI=1S/C17H17F2N3O2.C2HF3O2/c18-17(19)8-10-22(11-14(17)20)16(23)13-7-4-9-21-15(13)24-12-5-2-1-3-6-12;3-2(4,5)1(6)7/h1-7,9,14H,8,10-11,20H2;(H,6,7). The van der Waals surface area contributed by atoms with Gasteiger partial charge < -0.3 is 20.5 Å². The van der Waals surface area contributed by atoms with E-state index in [4.69, 9.17) is 20.4 Å². The van der Waals surface area contributed by atoms with Crippen LogP contribution in [0.3, 0.4) is 0 Å². The van der Waals surface area contributed by atoms with Gasteiger partial charge in [-0.25, -0.2) is 18.6 Å². The predicted octanol–water partition coefficient (Wildman–Crippen LogP) is 3.32. The summed E-state index contributed by atoms with van der Waals surface area (Å²) < 4.78 is 64.4. The van der Waals surface area contributed by atoms with Crippen molar-refractivity contribution in [3.63, 3.8) is 0 Å². The lowest BCUT2D eigenvalue weighted by molar-refractivity contribution is -0.192. The normalized spacial score (nSPS) is 17.9. The van der Waals surface area contributed by atoms with Gasteiger partial charge in [-0.15, -0.1) is 0 Å². The van der Waals surface area contributed by atoms with E-state index < -0.39 is 36.4 Å². The van der Waals surface area contributed by atoms with Crippen molar-refractivity contribution in [2.45, 2.75) is 24.6 Å². The highest BCUT2D eigenvalue weighted by atomic mass is 19.4. The quantitative estimate of drug-likeness (QED) is 0.700. The number of carboxylic acid groups (broad SMARTS) is 1. The van der Waals surface area contributed by atoms with E-state index in [1.165, 1.54) is 11.1 Å². The maximum absolute atomic E-state index is 13.5. The molecule has 1 aromatic carbocycles. The molecule has 0 aliphatic carbocycles. The summed E-state index contributed by atoms with van der Waals surface area (Å²) in [5, 5.41) is 7.12. The second-order valence-corrected chi connectivity index (χ2v) is 6.44. The first kappa shape index (κ1) is 24.0. The van der Waals surface area contributed by atoms with E-state index in [2.05, 4.69) is 4.98 Å². The third kappa shape index (κ3) is 6.60. The third-order valence-corrected chi connectivity index (χ3v) is 4.16. The number of amides is 1. The Balaban J connectivity index is 0.000000423. The summed E-state index contributed by atoms with van der Waals surface area (Å²) in [4.78, 5) is 27.0. The number of hydrogen-bond donors (Lipinski definition) is 2. The van der Waals surface area contributed by atoms with Crippen LogP contribution in [0, 0.1) is 0 Å². The Kier molecular flexibility index (Phi) is 7.50. The lowest BCUT2D eigenvalue weighted by Crippen LogP contribution is -2.56. The summed E-state index contributed by atoms with van der Waals surface area (Å²) >= 11 is 0. The van der Waals surface area contributed by atoms with E-state index in [1.807, 2.05) is 6.07 Å². The number of carbonyl (C=O) groups excluding carboxylic acids is 1. The number of pyridine rings is 1. The Labute approximate surface area is 173 Å². The van der Waals surface area contributed by atoms with Crippen molar-refractivity contribution < 1.29 is 41.4 Å². The van der Waals surface area contributed by atoms with E-state index >= 15 is 0 Å². The van der Waals surface area contributed by atoms with Crippen LogP contribution in [0.25, 0.3) is 0 Å². The van der Waals surface area contributed by atoms with Gasteiger partial charge in [-0.2, -0.15) is 13.2 Å². The summed E-state index contributed by atoms with van der Waals surface area (Å²) in [5.41, 5.74) is 5.71. The second-order valence-electron chi connectivity index (χ2n) is 6.44. The van der Waals surface area contributed by atoms with Crippen molar-refractivity contribution in [3.8, 4) is 11.6 Å². The molecule has 31 heavy (non-hydrogen) atoms. The van der Waals surface area contributed by atoms with Gasteiger partial charge >= 0.3 is 12.1 Å². The molecular weight excluding hydrogens is 429 g/mol. The van der Waals surface area contributed by atoms with Gasteiger partial charge in [0.2, 0.25) is 5.88 Å². The first-order valence-electron chi connectivity index (χ1n) is 8.82. The molecule has 168 valence electrons. The number of hydrogen-bond acceptors (Lipinski definition) is 5. The number of rotatable bonds is 3. The van der Waals surface area contributed by atoms with Crippen molar-refractivity contribution in [1.82, 2.24) is 9.88 Å². The Morgan fingerprint density at radius 2 is 1.77 bits per heavy atom. The van der Waals surface area contributed by atoms with Crippen LogP contribution in [-0.2, 0) is 4.79 Å². The number of carboxylic acids is 1. The van der Waals surface area contributed by atoms with Crippen LogP contribution in [0.1, 0.15) is 16.8 Å². The highest BCUT2D eigenvalue weighted by Crippen LogP contribution is 2.29. The topological polar surface area (TPSA) is 106 Å². The van der Waals surface area contributed by atoms with E-state index in [-0.39, 0.29) is 24.5 Å². The third-order valence-electron chi connectivity index (χ3n) is 4.16. The Hall–Kier alpha value is -3.28. The zero-order chi connectivity index (χ0) is 23.2. The number of aliphatic carboxylic acids is 1. The van der Waals surface area contributed by atoms with Crippen molar-refractivity contribution in [3.05, 3.63) is 54.2 Å². The van der Waals surface area contributed by atoms with Gasteiger partial charge in [-0.05, 0) is 24.3 Å². The highest BCUT2D eigenvalue weighted by molar-refractivity contribution is 5.96. The van der Waals surface area contributed by atoms with E-state index in [9.17, 15) is 26.7 Å². The van der Waals surface area contributed by atoms with Gasteiger partial charge in [0.1, 0.15) is 11.3 Å². The number of para-hydroxylation sites is 1. The summed E-state index contributed by atoms with van der Waals surface area (Å²) in [6.07, 6.45) is -4.03. The molecule has 0 spiro atoms. The number of carbonyl (C=O) groups is 2. The van der Waals surface area contributed by atoms with Gasteiger partial charge in [-0.3, -0.25) is 4.79 Å². The number of alkyl halides is 5. The van der Waals surface area contributed by atoms with Crippen LogP contribution in [0.5, 0.6) is 11.6 Å². The molecule has 3 N–H and O–H groups in total. The number of benzene rings is 1. The average Bonchev–Trinajstić information content (AvgIpc) is 2.70. The molecule has 1 unspecified atom stereocenters. The van der Waals surface area contributed by atoms with Gasteiger partial charge in [0, 0.05) is 25.7 Å². The van der Waals surface area contributed by atoms with E-state index in [0.717, 1.165) is 0 Å². The van der Waals surface area contributed by atoms with Crippen LogP contribution in [0.2, 0.25) is 0 Å². The molecule has 0 saturated carbocycles. The summed E-state index contributed by atoms with van der Waals surface area (Å²) in [7, 11) is 0. The van der Waals surface area contributed by atoms with Crippen molar-refractivity contribution >= 4 is 11.9 Å². The number of piperidine rings is 1. The SMILES string of the molecule is NC1CN(C(=O)c2cccnc2Oc2ccccc2)CCC1(F)F.O=C(O)C(F)(F)F. The molecular formula is C19H18F5N3O4. The molecule has 1 fully saturated rings. The minimum atomic E-state index is -5.08. The molecule has 0 radical (unpaired) electrons. The Morgan fingerprint density at radius 3 is 2.32 bits per heavy atom. The summed E-state index contributed by atoms with van der Waals surface area (Å²) in [6.45, 7) is -0.259. The molecule has 1 atom stereocenters. The largest absolute Gasteiger partial charge is 0.490 e. The van der Waals surface area contributed by atoms with Crippen LogP contribution >= 0.6 is 0 Å². The minimum Gasteiger partial charge on any atom is -0.475 e. The van der Waals surface area contributed by atoms with E-state index in [0.29, 0.717) is 5.75 Å². The first-order chi connectivity index (χ1) is 14.4. The van der Waals surface area contributed by atoms with Crippen LogP contribution < -0.4 is 10.5 Å². The summed E-state index contributed by atoms with van der Waals surface area (Å²) in [5.74, 6) is -5.45. The molecule has 1 aliphatic rings. The molecule has 3 rings (SSSR count). The van der Waals surface area contributed by atoms with Crippen LogP contribution in [0.15, 0.2) is 48.7 Å². The number of halogens is 5. The van der Waals surface area contributed by atoms with Crippen LogP contribution in [0.4, 0.5) is 22.0 Å². The molecule has 1 amide bonds. The average molecular weight is 447 g/mol. The van der Waals surface area contributed by atoms with Crippen molar-refractivity contribution in [1.29, 1.82) is 0 Å². The number of likely N-dealkylation sites (tertiary alicyclic amines) is 1. The molecule has 7 nitrogen and oxygen atoms in total. The molecule has 2 aromatic rings. The lowest BCUT2D eigenvalue weighted by atomic mass is 10.0. The zero-order valence-electron chi connectivity index (χ0n) is 15.9. The monoisotopic (exact) mass is 447 g/mol. The summed E-state index contributed by atoms with van der Waals surface area (Å²) in [6, 6.07) is 10.7. The molecule has 0 bridgehead atoms. The lowest BCUT2D eigenvalue weighted by Gasteiger charge is -2.36. The molecule has 1 saturated heterocycles. The number of aromatic nitrogens is 1. The molecule has 1 aliphatic heterocycles.